The van der Waals surface area contributed by atoms with E-state index in [4.69, 9.17) is 0 Å². The first-order chi connectivity index (χ1) is 7.95. The molecule has 17 heavy (non-hydrogen) atoms. The van der Waals surface area contributed by atoms with E-state index in [0.29, 0.717) is 11.3 Å². The molecule has 0 aromatic heterocycles. The predicted molar refractivity (Wildman–Crippen MR) is 68.9 cm³/mol. The summed E-state index contributed by atoms with van der Waals surface area (Å²) in [5.74, 6) is 0.654. The zero-order chi connectivity index (χ0) is 12.9. The number of hydrogen-bond donors (Lipinski definition) is 0. The molecule has 1 amide bonds. The molecule has 1 unspecified atom stereocenters. The number of nitrogens with zero attached hydrogens (tertiary/aromatic N) is 2. The lowest BCUT2D eigenvalue weighted by molar-refractivity contribution is -0.123. The third-order valence-corrected chi connectivity index (χ3v) is 3.53. The highest BCUT2D eigenvalue weighted by Gasteiger charge is 2.27. The number of amides is 1. The molecule has 1 saturated heterocycles. The van der Waals surface area contributed by atoms with Crippen LogP contribution in [0.2, 0.25) is 0 Å². The molecule has 0 radical (unpaired) electrons. The fourth-order valence-corrected chi connectivity index (χ4v) is 2.36. The molecule has 0 spiro atoms. The van der Waals surface area contributed by atoms with Crippen molar-refractivity contribution in [3.8, 4) is 0 Å². The van der Waals surface area contributed by atoms with E-state index >= 15 is 0 Å². The van der Waals surface area contributed by atoms with E-state index in [-0.39, 0.29) is 5.91 Å². The van der Waals surface area contributed by atoms with Gasteiger partial charge in [0.2, 0.25) is 0 Å². The van der Waals surface area contributed by atoms with Crippen molar-refractivity contribution < 1.29 is 9.63 Å². The highest BCUT2D eigenvalue weighted by atomic mass is 16.6. The Bertz CT molecular complexity index is 282. The Balaban J connectivity index is 2.53. The van der Waals surface area contributed by atoms with Gasteiger partial charge < -0.3 is 9.74 Å². The van der Waals surface area contributed by atoms with Crippen LogP contribution in [0.5, 0.6) is 0 Å². The summed E-state index contributed by atoms with van der Waals surface area (Å²) in [5.41, 5.74) is 0.333. The van der Waals surface area contributed by atoms with Gasteiger partial charge in [0.1, 0.15) is 13.3 Å². The lowest BCUT2D eigenvalue weighted by Crippen LogP contribution is -2.33. The van der Waals surface area contributed by atoms with Crippen LogP contribution in [0.4, 0.5) is 0 Å². The highest BCUT2D eigenvalue weighted by molar-refractivity contribution is 6.25. The van der Waals surface area contributed by atoms with Gasteiger partial charge in [0.15, 0.2) is 0 Å². The van der Waals surface area contributed by atoms with Crippen LogP contribution in [-0.4, -0.2) is 37.2 Å². The minimum absolute atomic E-state index is 0.0404. The summed E-state index contributed by atoms with van der Waals surface area (Å²) >= 11 is 0. The van der Waals surface area contributed by atoms with Gasteiger partial charge in [-0.3, -0.25) is 4.79 Å². The summed E-state index contributed by atoms with van der Waals surface area (Å²) in [7, 11) is 1.45. The number of hydrogen-bond acceptors (Lipinski definition) is 3. The van der Waals surface area contributed by atoms with Crippen molar-refractivity contribution in [1.29, 1.82) is 0 Å². The Morgan fingerprint density at radius 3 is 2.65 bits per heavy atom. The SMILES string of the molecule is CO/N=C/C(=O)N1CCCC(C(C)(C)C)CC1. The monoisotopic (exact) mass is 240 g/mol. The average Bonchev–Trinajstić information content (AvgIpc) is 2.50. The Labute approximate surface area is 104 Å². The van der Waals surface area contributed by atoms with E-state index < -0.39 is 0 Å². The molecule has 0 aromatic rings. The highest BCUT2D eigenvalue weighted by Crippen LogP contribution is 2.34. The van der Waals surface area contributed by atoms with Crippen molar-refractivity contribution in [3.63, 3.8) is 0 Å². The van der Waals surface area contributed by atoms with Gasteiger partial charge in [0, 0.05) is 13.1 Å². The Morgan fingerprint density at radius 1 is 1.35 bits per heavy atom. The van der Waals surface area contributed by atoms with Gasteiger partial charge in [-0.05, 0) is 30.6 Å². The molecule has 4 nitrogen and oxygen atoms in total. The second-order valence-corrected chi connectivity index (χ2v) is 5.74. The van der Waals surface area contributed by atoms with E-state index in [1.165, 1.54) is 19.7 Å². The Hall–Kier alpha value is -1.06. The molecule has 4 heteroatoms. The first-order valence-corrected chi connectivity index (χ1v) is 6.30. The van der Waals surface area contributed by atoms with Gasteiger partial charge in [-0.25, -0.2) is 0 Å². The molecular formula is C13H24N2O2. The number of likely N-dealkylation sites (tertiary alicyclic amines) is 1. The maximum absolute atomic E-state index is 11.8. The third-order valence-electron chi connectivity index (χ3n) is 3.53. The Kier molecular flexibility index (Phi) is 4.97. The summed E-state index contributed by atoms with van der Waals surface area (Å²) < 4.78 is 0. The largest absolute Gasteiger partial charge is 0.399 e. The second kappa shape index (κ2) is 6.03. The third kappa shape index (κ3) is 4.36. The maximum atomic E-state index is 11.8. The lowest BCUT2D eigenvalue weighted by atomic mass is 9.77. The number of carbonyl (C=O) groups excluding carboxylic acids is 1. The van der Waals surface area contributed by atoms with Crippen LogP contribution in [0.15, 0.2) is 5.16 Å². The summed E-state index contributed by atoms with van der Waals surface area (Å²) in [4.78, 5) is 18.2. The summed E-state index contributed by atoms with van der Waals surface area (Å²) in [5, 5.41) is 3.53. The van der Waals surface area contributed by atoms with Crippen LogP contribution < -0.4 is 0 Å². The molecule has 1 aliphatic heterocycles. The van der Waals surface area contributed by atoms with Crippen LogP contribution >= 0.6 is 0 Å². The minimum Gasteiger partial charge on any atom is -0.399 e. The fourth-order valence-electron chi connectivity index (χ4n) is 2.36. The normalized spacial score (nSPS) is 22.6. The molecule has 1 fully saturated rings. The van der Waals surface area contributed by atoms with Crippen LogP contribution in [0.3, 0.4) is 0 Å². The van der Waals surface area contributed by atoms with E-state index in [2.05, 4.69) is 30.8 Å². The van der Waals surface area contributed by atoms with Crippen molar-refractivity contribution in [2.24, 2.45) is 16.5 Å². The van der Waals surface area contributed by atoms with Gasteiger partial charge >= 0.3 is 0 Å². The van der Waals surface area contributed by atoms with Crippen molar-refractivity contribution in [1.82, 2.24) is 4.90 Å². The van der Waals surface area contributed by atoms with Gasteiger partial charge in [-0.1, -0.05) is 25.9 Å². The smallest absolute Gasteiger partial charge is 0.268 e. The van der Waals surface area contributed by atoms with Crippen LogP contribution in [0.1, 0.15) is 40.0 Å². The van der Waals surface area contributed by atoms with Crippen LogP contribution in [0, 0.1) is 11.3 Å². The number of oxime groups is 1. The molecule has 0 N–H and O–H groups in total. The summed E-state index contributed by atoms with van der Waals surface area (Å²) in [6.45, 7) is 8.50. The number of rotatable bonds is 2. The zero-order valence-electron chi connectivity index (χ0n) is 11.4. The van der Waals surface area contributed by atoms with Crippen molar-refractivity contribution in [2.75, 3.05) is 20.2 Å². The molecule has 98 valence electrons. The Morgan fingerprint density at radius 2 is 2.06 bits per heavy atom. The quantitative estimate of drug-likeness (QED) is 0.549. The molecule has 0 aromatic carbocycles. The van der Waals surface area contributed by atoms with Gasteiger partial charge in [0.25, 0.3) is 5.91 Å². The topological polar surface area (TPSA) is 41.9 Å². The standard InChI is InChI=1S/C13H24N2O2/c1-13(2,3)11-6-5-8-15(9-7-11)12(16)10-14-17-4/h10-11H,5-9H2,1-4H3/b14-10+. The van der Waals surface area contributed by atoms with Gasteiger partial charge in [0.05, 0.1) is 0 Å². The number of carbonyl (C=O) groups is 1. The first kappa shape index (κ1) is 14.0. The minimum atomic E-state index is -0.0404. The molecule has 0 saturated carbocycles. The molecule has 0 bridgehead atoms. The second-order valence-electron chi connectivity index (χ2n) is 5.74. The van der Waals surface area contributed by atoms with E-state index in [9.17, 15) is 4.79 Å². The van der Waals surface area contributed by atoms with Crippen molar-refractivity contribution >= 4 is 12.1 Å². The average molecular weight is 240 g/mol. The van der Waals surface area contributed by atoms with E-state index in [0.717, 1.165) is 25.9 Å². The lowest BCUT2D eigenvalue weighted by Gasteiger charge is -2.29. The van der Waals surface area contributed by atoms with Gasteiger partial charge in [-0.2, -0.15) is 0 Å². The van der Waals surface area contributed by atoms with E-state index in [1.807, 2.05) is 4.90 Å². The fraction of sp³-hybridized carbons (Fsp3) is 0.846. The molecule has 0 aliphatic carbocycles. The summed E-state index contributed by atoms with van der Waals surface area (Å²) in [6, 6.07) is 0. The zero-order valence-corrected chi connectivity index (χ0v) is 11.4. The molecule has 1 atom stereocenters. The molecule has 1 rings (SSSR count). The van der Waals surface area contributed by atoms with Crippen molar-refractivity contribution in [2.45, 2.75) is 40.0 Å². The first-order valence-electron chi connectivity index (χ1n) is 6.30. The van der Waals surface area contributed by atoms with Crippen LogP contribution in [-0.2, 0) is 9.63 Å². The molecular weight excluding hydrogens is 216 g/mol. The molecule has 1 aliphatic rings. The predicted octanol–water partition coefficient (Wildman–Crippen LogP) is 2.29. The molecule has 1 heterocycles. The van der Waals surface area contributed by atoms with Gasteiger partial charge in [-0.15, -0.1) is 0 Å². The van der Waals surface area contributed by atoms with E-state index in [1.54, 1.807) is 0 Å². The maximum Gasteiger partial charge on any atom is 0.268 e. The van der Waals surface area contributed by atoms with Crippen LogP contribution in [0.25, 0.3) is 0 Å². The summed E-state index contributed by atoms with van der Waals surface area (Å²) in [6.07, 6.45) is 4.62. The van der Waals surface area contributed by atoms with Crippen molar-refractivity contribution in [3.05, 3.63) is 0 Å².